The van der Waals surface area contributed by atoms with E-state index in [0.29, 0.717) is 0 Å². The van der Waals surface area contributed by atoms with Crippen LogP contribution in [0.3, 0.4) is 0 Å². The lowest BCUT2D eigenvalue weighted by Gasteiger charge is -2.17. The number of nitrogens with one attached hydrogen (secondary N) is 1. The van der Waals surface area contributed by atoms with Crippen LogP contribution in [0.1, 0.15) is 47.8 Å². The number of rotatable bonds is 8. The number of fused-ring (bicyclic) bond motifs is 1. The number of carbonyl (C=O) groups is 3. The average Bonchev–Trinajstić information content (AvgIpc) is 3.41. The van der Waals surface area contributed by atoms with E-state index >= 15 is 0 Å². The first-order valence-electron chi connectivity index (χ1n) is 13.1. The fraction of sp³-hybridized carbons (Fsp3) is 0.407. The van der Waals surface area contributed by atoms with Gasteiger partial charge in [-0.3, -0.25) is 14.3 Å². The van der Waals surface area contributed by atoms with Crippen LogP contribution in [0, 0.1) is 0 Å². The molecule has 246 valence electrons. The van der Waals surface area contributed by atoms with E-state index in [9.17, 15) is 41.0 Å². The molecule has 45 heavy (non-hydrogen) atoms. The van der Waals surface area contributed by atoms with E-state index in [1.807, 2.05) is 12.3 Å². The molecule has 1 atom stereocenters. The summed E-state index contributed by atoms with van der Waals surface area (Å²) in [6, 6.07) is 8.86. The molecule has 4 heterocycles. The van der Waals surface area contributed by atoms with Crippen LogP contribution in [-0.2, 0) is 40.7 Å². The van der Waals surface area contributed by atoms with Crippen molar-refractivity contribution in [3.63, 3.8) is 0 Å². The molecule has 3 aromatic rings. The normalized spacial score (nSPS) is 13.1. The van der Waals surface area contributed by atoms with Crippen LogP contribution in [0.25, 0.3) is 0 Å². The molecule has 4 rings (SSSR count). The maximum absolute atomic E-state index is 11.7. The third-order valence-electron chi connectivity index (χ3n) is 6.15. The van der Waals surface area contributed by atoms with Gasteiger partial charge in [0.1, 0.15) is 5.82 Å². The second kappa shape index (κ2) is 15.7. The summed E-state index contributed by atoms with van der Waals surface area (Å²) in [5.41, 5.74) is 3.88. The molecule has 1 aliphatic rings. The summed E-state index contributed by atoms with van der Waals surface area (Å²) in [7, 11) is 1.66. The lowest BCUT2D eigenvalue weighted by Crippen LogP contribution is -2.21. The summed E-state index contributed by atoms with van der Waals surface area (Å²) in [5.74, 6) is -5.41. The number of aryl methyl sites for hydroxylation is 4. The van der Waals surface area contributed by atoms with Gasteiger partial charge in [-0.25, -0.2) is 14.6 Å². The minimum absolute atomic E-state index is 0.106. The first-order valence-corrected chi connectivity index (χ1v) is 13.1. The van der Waals surface area contributed by atoms with Crippen molar-refractivity contribution in [1.29, 1.82) is 0 Å². The minimum Gasteiger partial charge on any atom is -0.481 e. The van der Waals surface area contributed by atoms with E-state index in [1.165, 1.54) is 16.2 Å². The highest BCUT2D eigenvalue weighted by Crippen LogP contribution is 2.23. The van der Waals surface area contributed by atoms with Crippen molar-refractivity contribution in [2.75, 3.05) is 11.9 Å². The molecule has 0 saturated heterocycles. The number of nitrogens with zero attached hydrogens (tertiary/aromatic N) is 4. The smallest absolute Gasteiger partial charge is 0.481 e. The second-order valence-electron chi connectivity index (χ2n) is 9.61. The number of halogens is 6. The molecule has 0 aliphatic carbocycles. The molecule has 3 aromatic heterocycles. The summed E-state index contributed by atoms with van der Waals surface area (Å²) in [6.45, 7) is 0.980. The number of aromatic nitrogens is 4. The number of carboxylic acids is 3. The van der Waals surface area contributed by atoms with Crippen molar-refractivity contribution in [2.45, 2.75) is 56.9 Å². The monoisotopic (exact) mass is 649 g/mol. The Morgan fingerprint density at radius 2 is 1.53 bits per heavy atom. The SMILES string of the molecule is Cn1cc(C(CC(=O)O)n2ccc(CCCc3ccc4c(n3)NCCC4)n2)ccc1=O.O=C(O)C(F)(F)F.O=C(O)C(F)(F)F. The van der Waals surface area contributed by atoms with Crippen molar-refractivity contribution in [1.82, 2.24) is 19.3 Å². The summed E-state index contributed by atoms with van der Waals surface area (Å²) < 4.78 is 66.6. The van der Waals surface area contributed by atoms with Gasteiger partial charge in [-0.05, 0) is 61.4 Å². The Kier molecular flexibility index (Phi) is 12.7. The largest absolute Gasteiger partial charge is 0.490 e. The van der Waals surface area contributed by atoms with Crippen LogP contribution in [0.4, 0.5) is 32.2 Å². The van der Waals surface area contributed by atoms with Crippen molar-refractivity contribution < 1.29 is 56.0 Å². The van der Waals surface area contributed by atoms with Crippen LogP contribution in [0.5, 0.6) is 0 Å². The van der Waals surface area contributed by atoms with Gasteiger partial charge >= 0.3 is 30.3 Å². The predicted molar refractivity (Wildman–Crippen MR) is 145 cm³/mol. The van der Waals surface area contributed by atoms with Crippen LogP contribution in [0.2, 0.25) is 0 Å². The van der Waals surface area contributed by atoms with Gasteiger partial charge < -0.3 is 25.2 Å². The van der Waals surface area contributed by atoms with Crippen LogP contribution >= 0.6 is 0 Å². The second-order valence-corrected chi connectivity index (χ2v) is 9.61. The number of alkyl halides is 6. The number of anilines is 1. The first-order chi connectivity index (χ1) is 20.9. The summed E-state index contributed by atoms with van der Waals surface area (Å²) in [4.78, 5) is 45.6. The number of carboxylic acid groups (broad SMARTS) is 3. The van der Waals surface area contributed by atoms with Gasteiger partial charge in [0.15, 0.2) is 0 Å². The Labute approximate surface area is 250 Å². The quantitative estimate of drug-likeness (QED) is 0.262. The Bertz CT molecular complexity index is 1510. The molecule has 0 bridgehead atoms. The molecule has 1 aliphatic heterocycles. The molecule has 1 unspecified atom stereocenters. The van der Waals surface area contributed by atoms with Crippen molar-refractivity contribution >= 4 is 23.7 Å². The molecule has 0 saturated carbocycles. The molecule has 0 amide bonds. The summed E-state index contributed by atoms with van der Waals surface area (Å²) in [5, 5.41) is 31.6. The Hall–Kier alpha value is -4.90. The van der Waals surface area contributed by atoms with E-state index < -0.39 is 36.3 Å². The summed E-state index contributed by atoms with van der Waals surface area (Å²) in [6.07, 6.45) is -1.99. The zero-order valence-corrected chi connectivity index (χ0v) is 23.6. The molecule has 0 fully saturated rings. The standard InChI is InChI=1S/C23H27N5O3.2C2HF3O2/c1-27-15-17(8-10-21(27)29)20(14-22(30)31)28-13-11-19(26-28)6-2-5-18-9-7-16-4-3-12-24-23(16)25-18;2*3-2(4,5)1(6)7/h7-11,13,15,20H,2-6,12,14H2,1H3,(H,24,25)(H,30,31);2*(H,6,7). The van der Waals surface area contributed by atoms with Crippen LogP contribution in [-0.4, -0.2) is 71.5 Å². The van der Waals surface area contributed by atoms with Gasteiger partial charge in [0.05, 0.1) is 18.2 Å². The van der Waals surface area contributed by atoms with Gasteiger partial charge in [-0.2, -0.15) is 31.4 Å². The molecule has 18 heteroatoms. The highest BCUT2D eigenvalue weighted by Gasteiger charge is 2.38. The molecule has 12 nitrogen and oxygen atoms in total. The Morgan fingerprint density at radius 3 is 2.09 bits per heavy atom. The zero-order chi connectivity index (χ0) is 33.9. The van der Waals surface area contributed by atoms with E-state index in [-0.39, 0.29) is 12.0 Å². The van der Waals surface area contributed by atoms with Crippen molar-refractivity contribution in [2.24, 2.45) is 7.05 Å². The minimum atomic E-state index is -5.08. The molecular weight excluding hydrogens is 620 g/mol. The molecular formula is C27H29F6N5O7. The fourth-order valence-corrected chi connectivity index (χ4v) is 3.98. The molecule has 0 aromatic carbocycles. The van der Waals surface area contributed by atoms with E-state index in [0.717, 1.165) is 61.4 Å². The zero-order valence-electron chi connectivity index (χ0n) is 23.6. The van der Waals surface area contributed by atoms with E-state index in [4.69, 9.17) is 24.8 Å². The van der Waals surface area contributed by atoms with Gasteiger partial charge in [0.25, 0.3) is 0 Å². The number of aliphatic carboxylic acids is 3. The fourth-order valence-electron chi connectivity index (χ4n) is 3.98. The van der Waals surface area contributed by atoms with Crippen molar-refractivity contribution in [3.05, 3.63) is 75.6 Å². The number of hydrogen-bond donors (Lipinski definition) is 4. The summed E-state index contributed by atoms with van der Waals surface area (Å²) >= 11 is 0. The predicted octanol–water partition coefficient (Wildman–Crippen LogP) is 3.84. The van der Waals surface area contributed by atoms with E-state index in [2.05, 4.69) is 22.5 Å². The van der Waals surface area contributed by atoms with Crippen molar-refractivity contribution in [3.8, 4) is 0 Å². The number of hydrogen-bond acceptors (Lipinski definition) is 7. The molecule has 0 radical (unpaired) electrons. The Balaban J connectivity index is 0.000000421. The molecule has 4 N–H and O–H groups in total. The molecule has 0 spiro atoms. The Morgan fingerprint density at radius 1 is 0.933 bits per heavy atom. The maximum atomic E-state index is 11.7. The lowest BCUT2D eigenvalue weighted by atomic mass is 10.1. The lowest BCUT2D eigenvalue weighted by molar-refractivity contribution is -0.193. The van der Waals surface area contributed by atoms with Gasteiger partial charge in [-0.15, -0.1) is 0 Å². The van der Waals surface area contributed by atoms with Gasteiger partial charge in [0.2, 0.25) is 5.56 Å². The van der Waals surface area contributed by atoms with Gasteiger partial charge in [-0.1, -0.05) is 6.07 Å². The third-order valence-corrected chi connectivity index (χ3v) is 6.15. The highest BCUT2D eigenvalue weighted by molar-refractivity contribution is 5.73. The average molecular weight is 650 g/mol. The maximum Gasteiger partial charge on any atom is 0.490 e. The first kappa shape index (κ1) is 36.3. The van der Waals surface area contributed by atoms with Crippen LogP contribution in [0.15, 0.2) is 47.5 Å². The van der Waals surface area contributed by atoms with Gasteiger partial charge in [0, 0.05) is 37.7 Å². The third kappa shape index (κ3) is 12.0. The highest BCUT2D eigenvalue weighted by atomic mass is 19.4. The number of pyridine rings is 2. The topological polar surface area (TPSA) is 177 Å². The van der Waals surface area contributed by atoms with Crippen LogP contribution < -0.4 is 10.9 Å². The van der Waals surface area contributed by atoms with E-state index in [1.54, 1.807) is 24.0 Å².